The maximum absolute atomic E-state index is 13.0. The molecule has 0 bridgehead atoms. The number of aromatic nitrogens is 2. The first-order valence-electron chi connectivity index (χ1n) is 8.25. The molecule has 6 nitrogen and oxygen atoms in total. The Morgan fingerprint density at radius 3 is 2.76 bits per heavy atom. The maximum Gasteiger partial charge on any atom is 0.253 e. The third-order valence-corrected chi connectivity index (χ3v) is 5.15. The molecule has 132 valence electrons. The molecular weight excluding hydrogens is 343 g/mol. The van der Waals surface area contributed by atoms with E-state index in [1.54, 1.807) is 4.90 Å². The van der Waals surface area contributed by atoms with Crippen LogP contribution in [0.15, 0.2) is 24.3 Å². The van der Waals surface area contributed by atoms with Crippen LogP contribution in [0, 0.1) is 11.7 Å². The topological polar surface area (TPSA) is 75.2 Å². The molecule has 0 spiro atoms. The number of anilines is 1. The molecule has 1 unspecified atom stereocenters. The van der Waals surface area contributed by atoms with Crippen LogP contribution in [0.3, 0.4) is 0 Å². The van der Waals surface area contributed by atoms with Crippen LogP contribution in [0.5, 0.6) is 0 Å². The van der Waals surface area contributed by atoms with Gasteiger partial charge in [-0.15, -0.1) is 10.2 Å². The third kappa shape index (κ3) is 4.19. The lowest BCUT2D eigenvalue weighted by Crippen LogP contribution is -2.43. The predicted molar refractivity (Wildman–Crippen MR) is 92.9 cm³/mol. The van der Waals surface area contributed by atoms with Gasteiger partial charge in [-0.3, -0.25) is 9.59 Å². The summed E-state index contributed by atoms with van der Waals surface area (Å²) in [6.45, 7) is 2.92. The van der Waals surface area contributed by atoms with E-state index >= 15 is 0 Å². The zero-order valence-corrected chi connectivity index (χ0v) is 14.7. The van der Waals surface area contributed by atoms with E-state index in [4.69, 9.17) is 0 Å². The molecule has 25 heavy (non-hydrogen) atoms. The second-order valence-electron chi connectivity index (χ2n) is 5.94. The Balaban J connectivity index is 1.62. The van der Waals surface area contributed by atoms with Gasteiger partial charge in [0.2, 0.25) is 11.0 Å². The first kappa shape index (κ1) is 17.5. The second kappa shape index (κ2) is 7.69. The summed E-state index contributed by atoms with van der Waals surface area (Å²) in [6.07, 6.45) is 2.25. The summed E-state index contributed by atoms with van der Waals surface area (Å²) >= 11 is 1.36. The van der Waals surface area contributed by atoms with Crippen LogP contribution in [0.2, 0.25) is 0 Å². The fourth-order valence-electron chi connectivity index (χ4n) is 2.81. The highest BCUT2D eigenvalue weighted by atomic mass is 32.1. The van der Waals surface area contributed by atoms with E-state index in [-0.39, 0.29) is 23.5 Å². The van der Waals surface area contributed by atoms with Crippen molar-refractivity contribution >= 4 is 28.3 Å². The Bertz CT molecular complexity index is 762. The molecule has 1 saturated heterocycles. The Labute approximate surface area is 149 Å². The Morgan fingerprint density at radius 1 is 1.32 bits per heavy atom. The van der Waals surface area contributed by atoms with E-state index in [9.17, 15) is 14.0 Å². The number of hydrogen-bond donors (Lipinski definition) is 1. The van der Waals surface area contributed by atoms with Gasteiger partial charge in [0.1, 0.15) is 10.8 Å². The number of likely N-dealkylation sites (tertiary alicyclic amines) is 1. The number of carbonyl (C=O) groups is 2. The lowest BCUT2D eigenvalue weighted by Gasteiger charge is -2.32. The second-order valence-corrected chi connectivity index (χ2v) is 7.00. The standard InChI is InChI=1S/C17H19FN4O2S/c1-2-14-20-21-17(25-14)19-15(23)12-4-3-9-22(10-12)16(24)11-5-7-13(18)8-6-11/h5-8,12H,2-4,9-10H2,1H3,(H,19,21,23). The summed E-state index contributed by atoms with van der Waals surface area (Å²) in [4.78, 5) is 26.6. The van der Waals surface area contributed by atoms with E-state index in [1.807, 2.05) is 6.92 Å². The van der Waals surface area contributed by atoms with Gasteiger partial charge in [-0.1, -0.05) is 18.3 Å². The molecule has 1 aliphatic rings. The van der Waals surface area contributed by atoms with Crippen LogP contribution in [0.4, 0.5) is 9.52 Å². The number of nitrogens with zero attached hydrogens (tertiary/aromatic N) is 3. The van der Waals surface area contributed by atoms with Crippen molar-refractivity contribution in [1.29, 1.82) is 0 Å². The lowest BCUT2D eigenvalue weighted by molar-refractivity contribution is -0.121. The zero-order chi connectivity index (χ0) is 17.8. The van der Waals surface area contributed by atoms with Gasteiger partial charge in [0.25, 0.3) is 5.91 Å². The fourth-order valence-corrected chi connectivity index (χ4v) is 3.49. The summed E-state index contributed by atoms with van der Waals surface area (Å²) in [6, 6.07) is 5.47. The smallest absolute Gasteiger partial charge is 0.253 e. The minimum absolute atomic E-state index is 0.143. The van der Waals surface area contributed by atoms with Gasteiger partial charge < -0.3 is 10.2 Å². The number of rotatable bonds is 4. The number of hydrogen-bond acceptors (Lipinski definition) is 5. The third-order valence-electron chi connectivity index (χ3n) is 4.17. The molecule has 1 aromatic carbocycles. The van der Waals surface area contributed by atoms with Crippen molar-refractivity contribution in [2.45, 2.75) is 26.2 Å². The van der Waals surface area contributed by atoms with Gasteiger partial charge in [-0.05, 0) is 43.5 Å². The summed E-state index contributed by atoms with van der Waals surface area (Å²) in [5, 5.41) is 12.1. The van der Waals surface area contributed by atoms with Crippen molar-refractivity contribution in [2.75, 3.05) is 18.4 Å². The summed E-state index contributed by atoms with van der Waals surface area (Å²) in [5.74, 6) is -0.986. The van der Waals surface area contributed by atoms with Crippen LogP contribution in [0.25, 0.3) is 0 Å². The molecule has 2 amide bonds. The largest absolute Gasteiger partial charge is 0.338 e. The molecule has 1 aliphatic heterocycles. The number of carbonyl (C=O) groups excluding carboxylic acids is 2. The van der Waals surface area contributed by atoms with Gasteiger partial charge >= 0.3 is 0 Å². The van der Waals surface area contributed by atoms with Gasteiger partial charge in [0.05, 0.1) is 5.92 Å². The molecule has 1 N–H and O–H groups in total. The lowest BCUT2D eigenvalue weighted by atomic mass is 9.96. The van der Waals surface area contributed by atoms with Crippen LogP contribution in [-0.4, -0.2) is 40.0 Å². The number of halogens is 1. The van der Waals surface area contributed by atoms with Crippen molar-refractivity contribution < 1.29 is 14.0 Å². The van der Waals surface area contributed by atoms with E-state index < -0.39 is 0 Å². The number of nitrogens with one attached hydrogen (secondary N) is 1. The molecule has 8 heteroatoms. The summed E-state index contributed by atoms with van der Waals surface area (Å²) in [7, 11) is 0. The highest BCUT2D eigenvalue weighted by molar-refractivity contribution is 7.15. The van der Waals surface area contributed by atoms with Crippen LogP contribution in [0.1, 0.15) is 35.1 Å². The molecule has 2 heterocycles. The average molecular weight is 362 g/mol. The minimum Gasteiger partial charge on any atom is -0.338 e. The molecule has 3 rings (SSSR count). The summed E-state index contributed by atoms with van der Waals surface area (Å²) < 4.78 is 13.0. The average Bonchev–Trinajstić information content (AvgIpc) is 3.09. The molecule has 0 saturated carbocycles. The highest BCUT2D eigenvalue weighted by Gasteiger charge is 2.29. The number of amides is 2. The Morgan fingerprint density at radius 2 is 2.08 bits per heavy atom. The SMILES string of the molecule is CCc1nnc(NC(=O)C2CCCN(C(=O)c3ccc(F)cc3)C2)s1. The van der Waals surface area contributed by atoms with Crippen molar-refractivity contribution in [3.63, 3.8) is 0 Å². The maximum atomic E-state index is 13.0. The Kier molecular flexibility index (Phi) is 5.37. The molecule has 1 aromatic heterocycles. The molecule has 2 aromatic rings. The van der Waals surface area contributed by atoms with Gasteiger partial charge in [-0.2, -0.15) is 0 Å². The monoisotopic (exact) mass is 362 g/mol. The number of benzene rings is 1. The number of aryl methyl sites for hydroxylation is 1. The Hall–Kier alpha value is -2.35. The van der Waals surface area contributed by atoms with E-state index in [0.29, 0.717) is 23.8 Å². The van der Waals surface area contributed by atoms with Crippen molar-refractivity contribution in [3.05, 3.63) is 40.7 Å². The molecular formula is C17H19FN4O2S. The van der Waals surface area contributed by atoms with E-state index in [1.165, 1.54) is 35.6 Å². The first-order valence-corrected chi connectivity index (χ1v) is 9.06. The van der Waals surface area contributed by atoms with Gasteiger partial charge in [-0.25, -0.2) is 4.39 Å². The quantitative estimate of drug-likeness (QED) is 0.907. The number of piperidine rings is 1. The molecule has 0 radical (unpaired) electrons. The van der Waals surface area contributed by atoms with Crippen LogP contribution < -0.4 is 5.32 Å². The highest BCUT2D eigenvalue weighted by Crippen LogP contribution is 2.22. The van der Waals surface area contributed by atoms with Crippen LogP contribution in [-0.2, 0) is 11.2 Å². The van der Waals surface area contributed by atoms with Gasteiger partial charge in [0.15, 0.2) is 0 Å². The predicted octanol–water partition coefficient (Wildman–Crippen LogP) is 2.73. The van der Waals surface area contributed by atoms with E-state index in [0.717, 1.165) is 24.3 Å². The zero-order valence-electron chi connectivity index (χ0n) is 13.9. The molecule has 1 fully saturated rings. The normalized spacial score (nSPS) is 17.4. The van der Waals surface area contributed by atoms with Gasteiger partial charge in [0, 0.05) is 18.7 Å². The first-order chi connectivity index (χ1) is 12.1. The van der Waals surface area contributed by atoms with Crippen molar-refractivity contribution in [2.24, 2.45) is 5.92 Å². The molecule has 1 atom stereocenters. The molecule has 0 aliphatic carbocycles. The minimum atomic E-state index is -0.379. The fraction of sp³-hybridized carbons (Fsp3) is 0.412. The van der Waals surface area contributed by atoms with Crippen LogP contribution >= 0.6 is 11.3 Å². The van der Waals surface area contributed by atoms with Crippen molar-refractivity contribution in [3.8, 4) is 0 Å². The summed E-state index contributed by atoms with van der Waals surface area (Å²) in [5.41, 5.74) is 0.430. The van der Waals surface area contributed by atoms with E-state index in [2.05, 4.69) is 15.5 Å². The van der Waals surface area contributed by atoms with Crippen molar-refractivity contribution in [1.82, 2.24) is 15.1 Å².